The third-order valence-corrected chi connectivity index (χ3v) is 2.84. The monoisotopic (exact) mass is 295 g/mol. The molecular formula is C14H21N3O4. The average molecular weight is 295 g/mol. The van der Waals surface area contributed by atoms with Crippen LogP contribution in [0.5, 0.6) is 11.5 Å². The number of carbonyl (C=O) groups excluding carboxylic acids is 1. The molecule has 0 heterocycles. The molecular weight excluding hydrogens is 274 g/mol. The van der Waals surface area contributed by atoms with Crippen LogP contribution in [-0.2, 0) is 0 Å². The van der Waals surface area contributed by atoms with E-state index in [2.05, 4.69) is 15.8 Å². The predicted octanol–water partition coefficient (Wildman–Crippen LogP) is 1.11. The van der Waals surface area contributed by atoms with Gasteiger partial charge in [-0.1, -0.05) is 6.92 Å². The molecule has 0 aliphatic carbocycles. The number of methoxy groups -OCH3 is 2. The molecule has 1 rings (SSSR count). The van der Waals surface area contributed by atoms with E-state index >= 15 is 0 Å². The molecule has 0 spiro atoms. The maximum atomic E-state index is 11.5. The Morgan fingerprint density at radius 1 is 1.38 bits per heavy atom. The number of amides is 2. The number of hydrogen-bond acceptors (Lipinski definition) is 5. The Balaban J connectivity index is 2.59. The lowest BCUT2D eigenvalue weighted by Crippen LogP contribution is -2.41. The van der Waals surface area contributed by atoms with E-state index in [9.17, 15) is 4.79 Å². The molecule has 7 nitrogen and oxygen atoms in total. The Labute approximate surface area is 123 Å². The Morgan fingerprint density at radius 2 is 2.10 bits per heavy atom. The zero-order chi connectivity index (χ0) is 15.7. The Kier molecular flexibility index (Phi) is 7.03. The van der Waals surface area contributed by atoms with Crippen molar-refractivity contribution in [3.8, 4) is 11.5 Å². The maximum Gasteiger partial charge on any atom is 0.335 e. The highest BCUT2D eigenvalue weighted by atomic mass is 16.5. The SMILES string of the molecule is CCC(CO)NC(=O)N/N=C/c1ccc(OC)c(OC)c1. The van der Waals surface area contributed by atoms with Crippen molar-refractivity contribution in [2.45, 2.75) is 19.4 Å². The predicted molar refractivity (Wildman–Crippen MR) is 80.0 cm³/mol. The molecule has 0 fully saturated rings. The van der Waals surface area contributed by atoms with Crippen LogP contribution < -0.4 is 20.2 Å². The van der Waals surface area contributed by atoms with Crippen LogP contribution in [-0.4, -0.2) is 44.2 Å². The smallest absolute Gasteiger partial charge is 0.335 e. The van der Waals surface area contributed by atoms with Gasteiger partial charge in [0.2, 0.25) is 0 Å². The van der Waals surface area contributed by atoms with Crippen LogP contribution in [0.2, 0.25) is 0 Å². The standard InChI is InChI=1S/C14H21N3O4/c1-4-11(9-18)16-14(19)17-15-8-10-5-6-12(20-2)13(7-10)21-3/h5-8,11,18H,4,9H2,1-3H3,(H2,16,17,19)/b15-8+. The molecule has 1 aromatic carbocycles. The first-order valence-corrected chi connectivity index (χ1v) is 6.57. The van der Waals surface area contributed by atoms with Gasteiger partial charge >= 0.3 is 6.03 Å². The number of hydrazone groups is 1. The number of benzene rings is 1. The third-order valence-electron chi connectivity index (χ3n) is 2.84. The minimum Gasteiger partial charge on any atom is -0.493 e. The second kappa shape index (κ2) is 8.80. The van der Waals surface area contributed by atoms with Gasteiger partial charge in [-0.05, 0) is 30.2 Å². The number of aliphatic hydroxyl groups is 1. The van der Waals surface area contributed by atoms with Crippen molar-refractivity contribution < 1.29 is 19.4 Å². The van der Waals surface area contributed by atoms with Crippen LogP contribution in [0.3, 0.4) is 0 Å². The number of carbonyl (C=O) groups is 1. The van der Waals surface area contributed by atoms with Crippen molar-refractivity contribution in [1.82, 2.24) is 10.7 Å². The minimum absolute atomic E-state index is 0.108. The van der Waals surface area contributed by atoms with Gasteiger partial charge in [-0.3, -0.25) is 0 Å². The fourth-order valence-corrected chi connectivity index (χ4v) is 1.59. The maximum absolute atomic E-state index is 11.5. The summed E-state index contributed by atoms with van der Waals surface area (Å²) in [5, 5.41) is 15.4. The number of aliphatic hydroxyl groups excluding tert-OH is 1. The molecule has 0 aliphatic heterocycles. The molecule has 1 atom stereocenters. The van der Waals surface area contributed by atoms with E-state index in [4.69, 9.17) is 14.6 Å². The molecule has 2 amide bonds. The molecule has 0 aromatic heterocycles. The van der Waals surface area contributed by atoms with Crippen molar-refractivity contribution in [2.24, 2.45) is 5.10 Å². The van der Waals surface area contributed by atoms with Gasteiger partial charge in [-0.25, -0.2) is 10.2 Å². The summed E-state index contributed by atoms with van der Waals surface area (Å²) in [4.78, 5) is 11.5. The van der Waals surface area contributed by atoms with Gasteiger partial charge in [-0.2, -0.15) is 5.10 Å². The van der Waals surface area contributed by atoms with Crippen LogP contribution in [0.15, 0.2) is 23.3 Å². The highest BCUT2D eigenvalue weighted by Crippen LogP contribution is 2.26. The summed E-state index contributed by atoms with van der Waals surface area (Å²) >= 11 is 0. The second-order valence-electron chi connectivity index (χ2n) is 4.25. The lowest BCUT2D eigenvalue weighted by Gasteiger charge is -2.12. The fourth-order valence-electron chi connectivity index (χ4n) is 1.59. The summed E-state index contributed by atoms with van der Waals surface area (Å²) in [5.74, 6) is 1.20. The fraction of sp³-hybridized carbons (Fsp3) is 0.429. The highest BCUT2D eigenvalue weighted by molar-refractivity contribution is 5.82. The Hall–Kier alpha value is -2.28. The first kappa shape index (κ1) is 16.8. The lowest BCUT2D eigenvalue weighted by molar-refractivity contribution is 0.215. The van der Waals surface area contributed by atoms with Crippen molar-refractivity contribution in [3.63, 3.8) is 0 Å². The topological polar surface area (TPSA) is 92.2 Å². The van der Waals surface area contributed by atoms with Crippen molar-refractivity contribution in [3.05, 3.63) is 23.8 Å². The number of nitrogens with one attached hydrogen (secondary N) is 2. The van der Waals surface area contributed by atoms with E-state index < -0.39 is 6.03 Å². The summed E-state index contributed by atoms with van der Waals surface area (Å²) in [6.45, 7) is 1.76. The molecule has 0 saturated heterocycles. The molecule has 116 valence electrons. The number of nitrogens with zero attached hydrogens (tertiary/aromatic N) is 1. The van der Waals surface area contributed by atoms with Gasteiger partial charge in [0, 0.05) is 0 Å². The molecule has 0 saturated carbocycles. The molecule has 1 unspecified atom stereocenters. The quantitative estimate of drug-likeness (QED) is 0.519. The van der Waals surface area contributed by atoms with Crippen LogP contribution in [0.1, 0.15) is 18.9 Å². The van der Waals surface area contributed by atoms with Gasteiger partial charge in [0.05, 0.1) is 33.1 Å². The van der Waals surface area contributed by atoms with E-state index in [1.54, 1.807) is 32.4 Å². The third kappa shape index (κ3) is 5.31. The van der Waals surface area contributed by atoms with E-state index in [-0.39, 0.29) is 12.6 Å². The van der Waals surface area contributed by atoms with Crippen LogP contribution in [0, 0.1) is 0 Å². The van der Waals surface area contributed by atoms with Gasteiger partial charge in [0.1, 0.15) is 0 Å². The summed E-state index contributed by atoms with van der Waals surface area (Å²) in [5.41, 5.74) is 3.08. The number of hydrogen-bond donors (Lipinski definition) is 3. The zero-order valence-corrected chi connectivity index (χ0v) is 12.4. The van der Waals surface area contributed by atoms with E-state index in [0.29, 0.717) is 17.9 Å². The molecule has 0 aliphatic rings. The van der Waals surface area contributed by atoms with E-state index in [0.717, 1.165) is 5.56 Å². The summed E-state index contributed by atoms with van der Waals surface area (Å²) in [6.07, 6.45) is 2.13. The first-order valence-electron chi connectivity index (χ1n) is 6.57. The van der Waals surface area contributed by atoms with Crippen LogP contribution >= 0.6 is 0 Å². The van der Waals surface area contributed by atoms with Gasteiger partial charge in [0.15, 0.2) is 11.5 Å². The summed E-state index contributed by atoms with van der Waals surface area (Å²) in [7, 11) is 3.10. The van der Waals surface area contributed by atoms with Crippen molar-refractivity contribution in [1.29, 1.82) is 0 Å². The zero-order valence-electron chi connectivity index (χ0n) is 12.4. The molecule has 0 radical (unpaired) electrons. The normalized spacial score (nSPS) is 12.0. The minimum atomic E-state index is -0.465. The molecule has 21 heavy (non-hydrogen) atoms. The molecule has 0 bridgehead atoms. The number of ether oxygens (including phenoxy) is 2. The molecule has 3 N–H and O–H groups in total. The first-order chi connectivity index (χ1) is 10.1. The van der Waals surface area contributed by atoms with Gasteiger partial charge in [-0.15, -0.1) is 0 Å². The number of urea groups is 1. The summed E-state index contributed by atoms with van der Waals surface area (Å²) < 4.78 is 10.3. The second-order valence-corrected chi connectivity index (χ2v) is 4.25. The van der Waals surface area contributed by atoms with Crippen LogP contribution in [0.25, 0.3) is 0 Å². The summed E-state index contributed by atoms with van der Waals surface area (Å²) in [6, 6.07) is 4.53. The molecule has 7 heteroatoms. The van der Waals surface area contributed by atoms with Gasteiger partial charge in [0.25, 0.3) is 0 Å². The van der Waals surface area contributed by atoms with E-state index in [1.807, 2.05) is 6.92 Å². The van der Waals surface area contributed by atoms with Crippen molar-refractivity contribution in [2.75, 3.05) is 20.8 Å². The van der Waals surface area contributed by atoms with E-state index in [1.165, 1.54) is 6.21 Å². The molecule has 1 aromatic rings. The average Bonchev–Trinajstić information content (AvgIpc) is 2.52. The lowest BCUT2D eigenvalue weighted by atomic mass is 10.2. The van der Waals surface area contributed by atoms with Gasteiger partial charge < -0.3 is 19.9 Å². The Bertz CT molecular complexity index is 487. The highest BCUT2D eigenvalue weighted by Gasteiger charge is 2.07. The van der Waals surface area contributed by atoms with Crippen LogP contribution in [0.4, 0.5) is 4.79 Å². The number of rotatable bonds is 7. The van der Waals surface area contributed by atoms with Crippen molar-refractivity contribution >= 4 is 12.2 Å². The largest absolute Gasteiger partial charge is 0.493 e. The Morgan fingerprint density at radius 3 is 2.67 bits per heavy atom.